The second-order valence-corrected chi connectivity index (χ2v) is 6.29. The Morgan fingerprint density at radius 3 is 2.27 bits per heavy atom. The van der Waals surface area contributed by atoms with Gasteiger partial charge in [-0.05, 0) is 24.3 Å². The van der Waals surface area contributed by atoms with Gasteiger partial charge < -0.3 is 15.5 Å². The monoisotopic (exact) mass is 328 g/mol. The zero-order chi connectivity index (χ0) is 15.7. The molecule has 2 N–H and O–H groups in total. The van der Waals surface area contributed by atoms with Crippen molar-refractivity contribution in [3.05, 3.63) is 29.3 Å². The molecular formula is C15H19ClF2N4. The molecule has 1 saturated heterocycles. The topological polar surface area (TPSA) is 44.9 Å². The standard InChI is InChI=1S/C15H19ClF2N4/c16-11-1-3-13(4-2-11)21-5-7-22(8-6-21)14(19)20-12-9-15(17,18)10-12/h1-4,12H,5-10H2,(H2,19,20). The fraction of sp³-hybridized carbons (Fsp3) is 0.533. The minimum Gasteiger partial charge on any atom is -0.370 e. The van der Waals surface area contributed by atoms with E-state index in [0.717, 1.165) is 36.9 Å². The minimum atomic E-state index is -2.55. The third-order valence-corrected chi connectivity index (χ3v) is 4.43. The molecule has 1 heterocycles. The molecule has 0 radical (unpaired) electrons. The van der Waals surface area contributed by atoms with E-state index < -0.39 is 5.92 Å². The van der Waals surface area contributed by atoms with Crippen LogP contribution in [-0.4, -0.2) is 49.0 Å². The van der Waals surface area contributed by atoms with Crippen molar-refractivity contribution in [2.24, 2.45) is 10.7 Å². The van der Waals surface area contributed by atoms with Crippen LogP contribution in [0.25, 0.3) is 0 Å². The number of hydrogen-bond acceptors (Lipinski definition) is 2. The van der Waals surface area contributed by atoms with Crippen molar-refractivity contribution in [2.45, 2.75) is 24.8 Å². The Balaban J connectivity index is 1.53. The molecule has 1 aromatic rings. The van der Waals surface area contributed by atoms with Gasteiger partial charge in [-0.1, -0.05) is 11.6 Å². The maximum Gasteiger partial charge on any atom is 0.252 e. The van der Waals surface area contributed by atoms with Gasteiger partial charge in [-0.25, -0.2) is 13.8 Å². The molecule has 1 aliphatic heterocycles. The molecule has 2 aliphatic rings. The van der Waals surface area contributed by atoms with Gasteiger partial charge in [-0.15, -0.1) is 0 Å². The van der Waals surface area contributed by atoms with Crippen molar-refractivity contribution < 1.29 is 8.78 Å². The van der Waals surface area contributed by atoms with Gasteiger partial charge in [0.15, 0.2) is 5.96 Å². The highest BCUT2D eigenvalue weighted by Gasteiger charge is 2.45. The lowest BCUT2D eigenvalue weighted by atomic mass is 9.89. The van der Waals surface area contributed by atoms with Gasteiger partial charge in [0.05, 0.1) is 6.04 Å². The maximum absolute atomic E-state index is 12.8. The molecule has 4 nitrogen and oxygen atoms in total. The van der Waals surface area contributed by atoms with Crippen LogP contribution in [0, 0.1) is 0 Å². The first-order valence-corrected chi connectivity index (χ1v) is 7.77. The smallest absolute Gasteiger partial charge is 0.252 e. The van der Waals surface area contributed by atoms with Gasteiger partial charge in [0.2, 0.25) is 0 Å². The fourth-order valence-electron chi connectivity index (χ4n) is 2.84. The Morgan fingerprint density at radius 1 is 1.14 bits per heavy atom. The molecule has 0 spiro atoms. The van der Waals surface area contributed by atoms with Crippen LogP contribution in [0.1, 0.15) is 12.8 Å². The molecule has 7 heteroatoms. The summed E-state index contributed by atoms with van der Waals surface area (Å²) in [6.45, 7) is 3.11. The summed E-state index contributed by atoms with van der Waals surface area (Å²) >= 11 is 5.89. The minimum absolute atomic E-state index is 0.182. The average Bonchev–Trinajstić information content (AvgIpc) is 2.46. The average molecular weight is 329 g/mol. The van der Waals surface area contributed by atoms with E-state index in [-0.39, 0.29) is 18.9 Å². The largest absolute Gasteiger partial charge is 0.370 e. The zero-order valence-electron chi connectivity index (χ0n) is 12.2. The van der Waals surface area contributed by atoms with Gasteiger partial charge in [-0.3, -0.25) is 0 Å². The van der Waals surface area contributed by atoms with Crippen LogP contribution in [-0.2, 0) is 0 Å². The highest BCUT2D eigenvalue weighted by atomic mass is 35.5. The van der Waals surface area contributed by atoms with Crippen molar-refractivity contribution in [3.63, 3.8) is 0 Å². The summed E-state index contributed by atoms with van der Waals surface area (Å²) in [6, 6.07) is 7.40. The zero-order valence-corrected chi connectivity index (χ0v) is 12.9. The Hall–Kier alpha value is -1.56. The number of piperazine rings is 1. The van der Waals surface area contributed by atoms with Crippen molar-refractivity contribution in [1.82, 2.24) is 4.90 Å². The van der Waals surface area contributed by atoms with E-state index in [1.165, 1.54) is 0 Å². The number of anilines is 1. The van der Waals surface area contributed by atoms with Crippen LogP contribution in [0.5, 0.6) is 0 Å². The number of halogens is 3. The normalized spacial score (nSPS) is 22.6. The quantitative estimate of drug-likeness (QED) is 0.670. The summed E-state index contributed by atoms with van der Waals surface area (Å²) in [5.41, 5.74) is 7.07. The van der Waals surface area contributed by atoms with E-state index in [2.05, 4.69) is 9.89 Å². The number of nitrogens with zero attached hydrogens (tertiary/aromatic N) is 3. The van der Waals surface area contributed by atoms with E-state index in [9.17, 15) is 8.78 Å². The van der Waals surface area contributed by atoms with Crippen LogP contribution < -0.4 is 10.6 Å². The first-order chi connectivity index (χ1) is 10.4. The van der Waals surface area contributed by atoms with Gasteiger partial charge in [0, 0.05) is 49.7 Å². The Labute approximate surface area is 133 Å². The lowest BCUT2D eigenvalue weighted by molar-refractivity contribution is -0.0836. The second-order valence-electron chi connectivity index (χ2n) is 5.86. The van der Waals surface area contributed by atoms with Gasteiger partial charge >= 0.3 is 0 Å². The van der Waals surface area contributed by atoms with Crippen LogP contribution in [0.15, 0.2) is 29.3 Å². The number of guanidine groups is 1. The van der Waals surface area contributed by atoms with E-state index >= 15 is 0 Å². The summed E-state index contributed by atoms with van der Waals surface area (Å²) in [5.74, 6) is -2.17. The lowest BCUT2D eigenvalue weighted by Gasteiger charge is -2.38. The molecule has 1 saturated carbocycles. The molecule has 0 aromatic heterocycles. The Morgan fingerprint density at radius 2 is 1.73 bits per heavy atom. The first kappa shape index (κ1) is 15.3. The lowest BCUT2D eigenvalue weighted by Crippen LogP contribution is -2.52. The van der Waals surface area contributed by atoms with E-state index in [1.54, 1.807) is 0 Å². The van der Waals surface area contributed by atoms with Crippen LogP contribution in [0.3, 0.4) is 0 Å². The third-order valence-electron chi connectivity index (χ3n) is 4.18. The third kappa shape index (κ3) is 3.43. The number of benzene rings is 1. The number of rotatable bonds is 2. The van der Waals surface area contributed by atoms with Gasteiger partial charge in [0.25, 0.3) is 5.92 Å². The van der Waals surface area contributed by atoms with E-state index in [1.807, 2.05) is 29.2 Å². The van der Waals surface area contributed by atoms with Crippen molar-refractivity contribution in [1.29, 1.82) is 0 Å². The Kier molecular flexibility index (Phi) is 4.12. The molecule has 0 bridgehead atoms. The van der Waals surface area contributed by atoms with Crippen molar-refractivity contribution in [2.75, 3.05) is 31.1 Å². The first-order valence-electron chi connectivity index (χ1n) is 7.39. The molecule has 1 aliphatic carbocycles. The summed E-state index contributed by atoms with van der Waals surface area (Å²) in [7, 11) is 0. The predicted octanol–water partition coefficient (Wildman–Crippen LogP) is 2.57. The number of hydrogen-bond donors (Lipinski definition) is 1. The molecular weight excluding hydrogens is 310 g/mol. The number of alkyl halides is 2. The van der Waals surface area contributed by atoms with Crippen LogP contribution in [0.2, 0.25) is 5.02 Å². The molecule has 0 atom stereocenters. The highest BCUT2D eigenvalue weighted by molar-refractivity contribution is 6.30. The van der Waals surface area contributed by atoms with Gasteiger partial charge in [0.1, 0.15) is 0 Å². The maximum atomic E-state index is 12.8. The van der Waals surface area contributed by atoms with Crippen LogP contribution in [0.4, 0.5) is 14.5 Å². The highest BCUT2D eigenvalue weighted by Crippen LogP contribution is 2.39. The van der Waals surface area contributed by atoms with Gasteiger partial charge in [-0.2, -0.15) is 0 Å². The van der Waals surface area contributed by atoms with Crippen molar-refractivity contribution in [3.8, 4) is 0 Å². The van der Waals surface area contributed by atoms with E-state index in [0.29, 0.717) is 5.96 Å². The summed E-state index contributed by atoms with van der Waals surface area (Å²) in [5, 5.41) is 0.719. The number of nitrogens with two attached hydrogens (primary N) is 1. The fourth-order valence-corrected chi connectivity index (χ4v) is 2.96. The molecule has 0 unspecified atom stereocenters. The predicted molar refractivity (Wildman–Crippen MR) is 84.8 cm³/mol. The molecule has 120 valence electrons. The molecule has 3 rings (SSSR count). The molecule has 0 amide bonds. The van der Waals surface area contributed by atoms with Crippen molar-refractivity contribution >= 4 is 23.2 Å². The summed E-state index contributed by atoms with van der Waals surface area (Å²) in [4.78, 5) is 8.42. The number of aliphatic imine (C=N–C) groups is 1. The Bertz CT molecular complexity index is 545. The second kappa shape index (κ2) is 5.91. The summed E-state index contributed by atoms with van der Waals surface area (Å²) < 4.78 is 25.6. The van der Waals surface area contributed by atoms with E-state index in [4.69, 9.17) is 17.3 Å². The molecule has 1 aromatic carbocycles. The molecule has 22 heavy (non-hydrogen) atoms. The summed E-state index contributed by atoms with van der Waals surface area (Å²) in [6.07, 6.45) is -0.364. The van der Waals surface area contributed by atoms with Crippen LogP contribution >= 0.6 is 11.6 Å². The SMILES string of the molecule is NC(=NC1CC(F)(F)C1)N1CCN(c2ccc(Cl)cc2)CC1. The molecule has 2 fully saturated rings.